The number of aliphatic hydroxyl groups excluding tert-OH is 1. The van der Waals surface area contributed by atoms with Crippen molar-refractivity contribution in [1.82, 2.24) is 30.3 Å². The van der Waals surface area contributed by atoms with Gasteiger partial charge in [0.2, 0.25) is 5.95 Å². The van der Waals surface area contributed by atoms with E-state index in [9.17, 15) is 4.79 Å². The molecular formula is C19H25N9O2. The van der Waals surface area contributed by atoms with Gasteiger partial charge in [-0.25, -0.2) is 0 Å². The van der Waals surface area contributed by atoms with Crippen LogP contribution >= 0.6 is 0 Å². The molecule has 158 valence electrons. The summed E-state index contributed by atoms with van der Waals surface area (Å²) in [6.45, 7) is 1.73. The van der Waals surface area contributed by atoms with Crippen molar-refractivity contribution in [3.63, 3.8) is 0 Å². The molecule has 1 aliphatic rings. The van der Waals surface area contributed by atoms with Crippen LogP contribution in [0.15, 0.2) is 24.4 Å². The summed E-state index contributed by atoms with van der Waals surface area (Å²) >= 11 is 0. The van der Waals surface area contributed by atoms with Crippen LogP contribution < -0.4 is 21.7 Å². The van der Waals surface area contributed by atoms with E-state index in [4.69, 9.17) is 10.8 Å². The van der Waals surface area contributed by atoms with Gasteiger partial charge in [-0.3, -0.25) is 9.48 Å². The maximum atomic E-state index is 11.8. The molecule has 0 bridgehead atoms. The van der Waals surface area contributed by atoms with Gasteiger partial charge in [0, 0.05) is 36.9 Å². The predicted molar refractivity (Wildman–Crippen MR) is 113 cm³/mol. The van der Waals surface area contributed by atoms with Gasteiger partial charge >= 0.3 is 0 Å². The molecule has 1 saturated carbocycles. The zero-order chi connectivity index (χ0) is 20.9. The minimum absolute atomic E-state index is 0.0378. The molecule has 1 aromatic carbocycles. The Balaban J connectivity index is 1.51. The van der Waals surface area contributed by atoms with Gasteiger partial charge in [0.1, 0.15) is 0 Å². The molecule has 0 radical (unpaired) electrons. The largest absolute Gasteiger partial charge is 0.395 e. The molecule has 11 nitrogen and oxygen atoms in total. The van der Waals surface area contributed by atoms with Crippen LogP contribution in [0.4, 0.5) is 17.5 Å². The Morgan fingerprint density at radius 1 is 1.23 bits per heavy atom. The lowest BCUT2D eigenvalue weighted by molar-refractivity contribution is 0.0995. The van der Waals surface area contributed by atoms with Crippen molar-refractivity contribution in [3.8, 4) is 0 Å². The molecular weight excluding hydrogens is 386 g/mol. The van der Waals surface area contributed by atoms with E-state index in [-0.39, 0.29) is 24.1 Å². The Labute approximate surface area is 173 Å². The Kier molecular flexibility index (Phi) is 6.00. The smallest absolute Gasteiger partial charge is 0.273 e. The van der Waals surface area contributed by atoms with Crippen LogP contribution in [0.2, 0.25) is 0 Å². The molecule has 0 aliphatic heterocycles. The molecule has 1 aliphatic carbocycles. The Morgan fingerprint density at radius 3 is 2.83 bits per heavy atom. The van der Waals surface area contributed by atoms with Gasteiger partial charge in [0.05, 0.1) is 18.2 Å². The highest BCUT2D eigenvalue weighted by molar-refractivity contribution is 5.96. The summed E-state index contributed by atoms with van der Waals surface area (Å²) in [5, 5.41) is 31.4. The SMILES string of the molecule is NC(=O)c1nnc(NCCNCCO)nc1Nc1ccc2nn(C3CCC3)cc2c1. The first-order valence-corrected chi connectivity index (χ1v) is 10.00. The predicted octanol–water partition coefficient (Wildman–Crippen LogP) is 0.783. The molecule has 0 atom stereocenters. The van der Waals surface area contributed by atoms with Gasteiger partial charge in [0.15, 0.2) is 11.5 Å². The number of fused-ring (bicyclic) bond motifs is 1. The van der Waals surface area contributed by atoms with Crippen LogP contribution in [0.5, 0.6) is 0 Å². The number of nitrogens with two attached hydrogens (primary N) is 1. The average Bonchev–Trinajstić information content (AvgIpc) is 3.09. The number of carbonyl (C=O) groups excluding carboxylic acids is 1. The molecule has 0 saturated heterocycles. The van der Waals surface area contributed by atoms with E-state index in [1.807, 2.05) is 29.1 Å². The minimum atomic E-state index is -0.715. The van der Waals surface area contributed by atoms with Crippen molar-refractivity contribution < 1.29 is 9.90 Å². The Hall–Kier alpha value is -3.31. The Bertz CT molecular complexity index is 1030. The summed E-state index contributed by atoms with van der Waals surface area (Å²) in [6, 6.07) is 6.24. The van der Waals surface area contributed by atoms with Gasteiger partial charge in [-0.05, 0) is 37.5 Å². The lowest BCUT2D eigenvalue weighted by Crippen LogP contribution is -2.26. The first-order chi connectivity index (χ1) is 14.6. The van der Waals surface area contributed by atoms with Gasteiger partial charge in [-0.2, -0.15) is 10.1 Å². The summed E-state index contributed by atoms with van der Waals surface area (Å²) in [5.41, 5.74) is 7.06. The van der Waals surface area contributed by atoms with Crippen LogP contribution in [-0.2, 0) is 0 Å². The molecule has 11 heteroatoms. The van der Waals surface area contributed by atoms with E-state index in [1.54, 1.807) is 0 Å². The number of amides is 1. The molecule has 0 unspecified atom stereocenters. The second-order valence-corrected chi connectivity index (χ2v) is 7.19. The standard InChI is InChI=1S/C19H25N9O2/c20-17(30)16-18(24-19(26-25-16)22-7-6-21-8-9-29)23-13-4-5-15-12(10-13)11-28(27-15)14-2-1-3-14/h4-5,10-11,14,21,29H,1-3,6-9H2,(H2,20,30)(H2,22,23,24,26). The van der Waals surface area contributed by atoms with Crippen LogP contribution in [-0.4, -0.2) is 62.2 Å². The zero-order valence-electron chi connectivity index (χ0n) is 16.5. The van der Waals surface area contributed by atoms with Crippen molar-refractivity contribution in [3.05, 3.63) is 30.1 Å². The minimum Gasteiger partial charge on any atom is -0.395 e. The molecule has 4 rings (SSSR count). The molecule has 30 heavy (non-hydrogen) atoms. The topological polar surface area (TPSA) is 156 Å². The maximum absolute atomic E-state index is 11.8. The molecule has 1 amide bonds. The number of aliphatic hydroxyl groups is 1. The summed E-state index contributed by atoms with van der Waals surface area (Å²) < 4.78 is 2.03. The summed E-state index contributed by atoms with van der Waals surface area (Å²) in [4.78, 5) is 16.1. The molecule has 6 N–H and O–H groups in total. The first-order valence-electron chi connectivity index (χ1n) is 10.00. The quantitative estimate of drug-likeness (QED) is 0.304. The van der Waals surface area contributed by atoms with Crippen LogP contribution in [0.3, 0.4) is 0 Å². The molecule has 1 fully saturated rings. The van der Waals surface area contributed by atoms with Gasteiger partial charge in [0.25, 0.3) is 5.91 Å². The van der Waals surface area contributed by atoms with Crippen LogP contribution in [0.1, 0.15) is 35.8 Å². The van der Waals surface area contributed by atoms with Crippen molar-refractivity contribution in [2.45, 2.75) is 25.3 Å². The van der Waals surface area contributed by atoms with Crippen molar-refractivity contribution in [1.29, 1.82) is 0 Å². The van der Waals surface area contributed by atoms with Gasteiger partial charge in [-0.1, -0.05) is 0 Å². The van der Waals surface area contributed by atoms with Crippen molar-refractivity contribution in [2.75, 3.05) is 36.9 Å². The summed E-state index contributed by atoms with van der Waals surface area (Å²) in [7, 11) is 0. The third-order valence-electron chi connectivity index (χ3n) is 5.03. The fraction of sp³-hybridized carbons (Fsp3) is 0.421. The van der Waals surface area contributed by atoms with Crippen molar-refractivity contribution >= 4 is 34.3 Å². The third kappa shape index (κ3) is 4.47. The number of anilines is 3. The van der Waals surface area contributed by atoms with Gasteiger partial charge < -0.3 is 26.8 Å². The number of hydrogen-bond acceptors (Lipinski definition) is 9. The number of aromatic nitrogens is 5. The highest BCUT2D eigenvalue weighted by atomic mass is 16.3. The summed E-state index contributed by atoms with van der Waals surface area (Å²) in [6.07, 6.45) is 5.63. The fourth-order valence-corrected chi connectivity index (χ4v) is 3.22. The molecule has 3 aromatic rings. The van der Waals surface area contributed by atoms with Crippen molar-refractivity contribution in [2.24, 2.45) is 5.73 Å². The maximum Gasteiger partial charge on any atom is 0.273 e. The monoisotopic (exact) mass is 411 g/mol. The molecule has 0 spiro atoms. The highest BCUT2D eigenvalue weighted by Crippen LogP contribution is 2.32. The number of hydrogen-bond donors (Lipinski definition) is 5. The van der Waals surface area contributed by atoms with E-state index in [1.165, 1.54) is 19.3 Å². The Morgan fingerprint density at radius 2 is 2.10 bits per heavy atom. The number of benzene rings is 1. The van der Waals surface area contributed by atoms with E-state index < -0.39 is 5.91 Å². The van der Waals surface area contributed by atoms with Crippen LogP contribution in [0.25, 0.3) is 10.9 Å². The lowest BCUT2D eigenvalue weighted by Gasteiger charge is -2.25. The fourth-order valence-electron chi connectivity index (χ4n) is 3.22. The number of carbonyl (C=O) groups is 1. The van der Waals surface area contributed by atoms with E-state index in [0.29, 0.717) is 25.7 Å². The van der Waals surface area contributed by atoms with E-state index in [0.717, 1.165) is 16.6 Å². The van der Waals surface area contributed by atoms with Crippen LogP contribution in [0, 0.1) is 0 Å². The lowest BCUT2D eigenvalue weighted by atomic mass is 9.93. The highest BCUT2D eigenvalue weighted by Gasteiger charge is 2.20. The van der Waals surface area contributed by atoms with E-state index in [2.05, 4.69) is 36.2 Å². The molecule has 2 aromatic heterocycles. The average molecular weight is 411 g/mol. The van der Waals surface area contributed by atoms with Gasteiger partial charge in [-0.15, -0.1) is 10.2 Å². The third-order valence-corrected chi connectivity index (χ3v) is 5.03. The first kappa shape index (κ1) is 20.0. The molecule has 2 heterocycles. The second-order valence-electron chi connectivity index (χ2n) is 7.19. The number of nitrogens with zero attached hydrogens (tertiary/aromatic N) is 5. The number of rotatable bonds is 10. The normalized spacial score (nSPS) is 13.9. The van der Waals surface area contributed by atoms with E-state index >= 15 is 0 Å². The number of primary amides is 1. The summed E-state index contributed by atoms with van der Waals surface area (Å²) in [5.74, 6) is -0.214. The zero-order valence-corrected chi connectivity index (χ0v) is 16.5. The number of nitrogens with one attached hydrogen (secondary N) is 3. The second kappa shape index (κ2) is 9.01.